The van der Waals surface area contributed by atoms with E-state index in [4.69, 9.17) is 9.47 Å². The number of hydrogen-bond acceptors (Lipinski definition) is 5. The zero-order valence-electron chi connectivity index (χ0n) is 14.0. The summed E-state index contributed by atoms with van der Waals surface area (Å²) in [7, 11) is 1.34. The van der Waals surface area contributed by atoms with Gasteiger partial charge >= 0.3 is 18.1 Å². The third-order valence-corrected chi connectivity index (χ3v) is 4.58. The normalized spacial score (nSPS) is 18.1. The number of ether oxygens (including phenoxy) is 2. The molecule has 3 amide bonds. The molecule has 0 unspecified atom stereocenters. The summed E-state index contributed by atoms with van der Waals surface area (Å²) in [5, 5.41) is 5.64. The number of hydrogen-bond donors (Lipinski definition) is 2. The van der Waals surface area contributed by atoms with Crippen molar-refractivity contribution >= 4 is 29.5 Å². The zero-order valence-corrected chi connectivity index (χ0v) is 14.0. The van der Waals surface area contributed by atoms with Gasteiger partial charge in [-0.05, 0) is 37.5 Å². The Hall–Kier alpha value is -2.77. The lowest BCUT2D eigenvalue weighted by atomic mass is 9.74. The van der Waals surface area contributed by atoms with Gasteiger partial charge in [0.25, 0.3) is 0 Å². The first-order chi connectivity index (χ1) is 12.0. The van der Waals surface area contributed by atoms with Crippen LogP contribution < -0.4 is 15.5 Å². The summed E-state index contributed by atoms with van der Waals surface area (Å²) in [6.07, 6.45) is 2.22. The van der Waals surface area contributed by atoms with E-state index < -0.39 is 11.6 Å². The lowest BCUT2D eigenvalue weighted by Gasteiger charge is -2.41. The van der Waals surface area contributed by atoms with Crippen LogP contribution in [0.15, 0.2) is 24.3 Å². The molecule has 0 spiro atoms. The first kappa shape index (κ1) is 17.1. The first-order valence-corrected chi connectivity index (χ1v) is 8.22. The van der Waals surface area contributed by atoms with Gasteiger partial charge in [0.15, 0.2) is 0 Å². The monoisotopic (exact) mass is 347 g/mol. The Morgan fingerprint density at radius 2 is 2.16 bits per heavy atom. The summed E-state index contributed by atoms with van der Waals surface area (Å²) in [5.41, 5.74) is 0.684. The first-order valence-electron chi connectivity index (χ1n) is 8.22. The lowest BCUT2D eigenvalue weighted by Crippen LogP contribution is -2.55. The van der Waals surface area contributed by atoms with Crippen LogP contribution in [0.2, 0.25) is 0 Å². The zero-order chi connectivity index (χ0) is 17.9. The second kappa shape index (κ2) is 7.00. The second-order valence-electron chi connectivity index (χ2n) is 6.28. The Bertz CT molecular complexity index is 687. The Kier molecular flexibility index (Phi) is 4.78. The van der Waals surface area contributed by atoms with E-state index in [-0.39, 0.29) is 18.4 Å². The van der Waals surface area contributed by atoms with Crippen molar-refractivity contribution in [1.82, 2.24) is 5.32 Å². The highest BCUT2D eigenvalue weighted by Crippen LogP contribution is 2.35. The molecular formula is C17H21N3O5. The van der Waals surface area contributed by atoms with Crippen LogP contribution in [0.25, 0.3) is 0 Å². The molecule has 2 N–H and O–H groups in total. The number of nitrogens with one attached hydrogen (secondary N) is 2. The fraction of sp³-hybridized carbons (Fsp3) is 0.471. The van der Waals surface area contributed by atoms with Crippen molar-refractivity contribution in [3.8, 4) is 0 Å². The summed E-state index contributed by atoms with van der Waals surface area (Å²) in [6.45, 7) is 0.837. The average molecular weight is 347 g/mol. The van der Waals surface area contributed by atoms with Crippen LogP contribution in [0, 0.1) is 0 Å². The molecule has 3 rings (SSSR count). The highest BCUT2D eigenvalue weighted by Gasteiger charge is 2.40. The molecule has 8 heteroatoms. The fourth-order valence-electron chi connectivity index (χ4n) is 3.08. The van der Waals surface area contributed by atoms with Gasteiger partial charge < -0.3 is 20.1 Å². The summed E-state index contributed by atoms with van der Waals surface area (Å²) in [6, 6.07) is 6.59. The Labute approximate surface area is 145 Å². The van der Waals surface area contributed by atoms with Gasteiger partial charge in [0.2, 0.25) is 0 Å². The molecule has 2 aliphatic rings. The Morgan fingerprint density at radius 1 is 1.36 bits per heavy atom. The van der Waals surface area contributed by atoms with Crippen LogP contribution in [0.3, 0.4) is 0 Å². The van der Waals surface area contributed by atoms with E-state index in [2.05, 4.69) is 10.6 Å². The molecule has 0 aromatic heterocycles. The van der Waals surface area contributed by atoms with E-state index in [0.717, 1.165) is 19.3 Å². The molecule has 0 bridgehead atoms. The predicted molar refractivity (Wildman–Crippen MR) is 90.5 cm³/mol. The number of benzene rings is 1. The number of amides is 3. The SMILES string of the molecule is COC(=O)CC1(NC(=O)Nc2cccc(N3CCOC3=O)c2)CCC1. The molecule has 1 heterocycles. The van der Waals surface area contributed by atoms with Crippen molar-refractivity contribution in [3.63, 3.8) is 0 Å². The third-order valence-electron chi connectivity index (χ3n) is 4.58. The summed E-state index contributed by atoms with van der Waals surface area (Å²) >= 11 is 0. The fourth-order valence-corrected chi connectivity index (χ4v) is 3.08. The number of urea groups is 1. The minimum atomic E-state index is -0.534. The maximum absolute atomic E-state index is 12.3. The van der Waals surface area contributed by atoms with E-state index in [1.54, 1.807) is 24.3 Å². The number of carbonyl (C=O) groups is 3. The molecule has 0 radical (unpaired) electrons. The lowest BCUT2D eigenvalue weighted by molar-refractivity contribution is -0.143. The number of methoxy groups -OCH3 is 1. The molecule has 0 atom stereocenters. The van der Waals surface area contributed by atoms with Gasteiger partial charge in [0.1, 0.15) is 6.61 Å². The number of nitrogens with zero attached hydrogens (tertiary/aromatic N) is 1. The highest BCUT2D eigenvalue weighted by atomic mass is 16.6. The van der Waals surface area contributed by atoms with Gasteiger partial charge in [0, 0.05) is 11.4 Å². The van der Waals surface area contributed by atoms with Crippen LogP contribution in [0.4, 0.5) is 21.0 Å². The van der Waals surface area contributed by atoms with Gasteiger partial charge in [0.05, 0.1) is 25.6 Å². The average Bonchev–Trinajstić information content (AvgIpc) is 2.98. The number of cyclic esters (lactones) is 1. The van der Waals surface area contributed by atoms with Gasteiger partial charge in [-0.15, -0.1) is 0 Å². The molecule has 134 valence electrons. The molecule has 1 aromatic rings. The van der Waals surface area contributed by atoms with Crippen molar-refractivity contribution < 1.29 is 23.9 Å². The topological polar surface area (TPSA) is 97.0 Å². The van der Waals surface area contributed by atoms with E-state index in [0.29, 0.717) is 24.5 Å². The maximum Gasteiger partial charge on any atom is 0.414 e. The smallest absolute Gasteiger partial charge is 0.414 e. The summed E-state index contributed by atoms with van der Waals surface area (Å²) in [4.78, 5) is 37.0. The van der Waals surface area contributed by atoms with Crippen LogP contribution >= 0.6 is 0 Å². The van der Waals surface area contributed by atoms with E-state index in [9.17, 15) is 14.4 Å². The van der Waals surface area contributed by atoms with Crippen LogP contribution in [-0.2, 0) is 14.3 Å². The second-order valence-corrected chi connectivity index (χ2v) is 6.28. The number of carbonyl (C=O) groups excluding carboxylic acids is 3. The standard InChI is InChI=1S/C17H21N3O5/c1-24-14(21)11-17(6-3-7-17)19-15(22)18-12-4-2-5-13(10-12)20-8-9-25-16(20)23/h2,4-5,10H,3,6-9,11H2,1H3,(H2,18,19,22). The van der Waals surface area contributed by atoms with Gasteiger partial charge in [-0.1, -0.05) is 6.07 Å². The van der Waals surface area contributed by atoms with E-state index in [1.807, 2.05) is 0 Å². The van der Waals surface area contributed by atoms with Crippen molar-refractivity contribution in [1.29, 1.82) is 0 Å². The molecule has 8 nitrogen and oxygen atoms in total. The minimum Gasteiger partial charge on any atom is -0.469 e. The number of esters is 1. The molecule has 2 fully saturated rings. The molecule has 1 aliphatic heterocycles. The van der Waals surface area contributed by atoms with Crippen molar-refractivity contribution in [2.75, 3.05) is 30.5 Å². The van der Waals surface area contributed by atoms with Gasteiger partial charge in [-0.2, -0.15) is 0 Å². The van der Waals surface area contributed by atoms with E-state index >= 15 is 0 Å². The molecule has 1 aliphatic carbocycles. The molecule has 1 aromatic carbocycles. The minimum absolute atomic E-state index is 0.163. The highest BCUT2D eigenvalue weighted by molar-refractivity contribution is 5.93. The van der Waals surface area contributed by atoms with Gasteiger partial charge in [-0.3, -0.25) is 9.69 Å². The van der Waals surface area contributed by atoms with Gasteiger partial charge in [-0.25, -0.2) is 9.59 Å². The Balaban J connectivity index is 1.63. The molecule has 1 saturated heterocycles. The predicted octanol–water partition coefficient (Wildman–Crippen LogP) is 2.25. The number of anilines is 2. The summed E-state index contributed by atoms with van der Waals surface area (Å²) < 4.78 is 9.62. The van der Waals surface area contributed by atoms with Crippen molar-refractivity contribution in [3.05, 3.63) is 24.3 Å². The van der Waals surface area contributed by atoms with Crippen molar-refractivity contribution in [2.45, 2.75) is 31.2 Å². The molecular weight excluding hydrogens is 326 g/mol. The third kappa shape index (κ3) is 3.84. The quantitative estimate of drug-likeness (QED) is 0.796. The van der Waals surface area contributed by atoms with Crippen LogP contribution in [0.5, 0.6) is 0 Å². The van der Waals surface area contributed by atoms with Crippen molar-refractivity contribution in [2.24, 2.45) is 0 Å². The van der Waals surface area contributed by atoms with Crippen LogP contribution in [0.1, 0.15) is 25.7 Å². The summed E-state index contributed by atoms with van der Waals surface area (Å²) in [5.74, 6) is -0.338. The number of rotatable bonds is 5. The maximum atomic E-state index is 12.3. The Morgan fingerprint density at radius 3 is 2.76 bits per heavy atom. The molecule has 25 heavy (non-hydrogen) atoms. The van der Waals surface area contributed by atoms with E-state index in [1.165, 1.54) is 12.0 Å². The van der Waals surface area contributed by atoms with Crippen LogP contribution in [-0.4, -0.2) is 43.9 Å². The largest absolute Gasteiger partial charge is 0.469 e. The molecule has 1 saturated carbocycles.